The second-order valence-corrected chi connectivity index (χ2v) is 3.95. The molecule has 1 aromatic heterocycles. The van der Waals surface area contributed by atoms with Gasteiger partial charge in [-0.15, -0.1) is 0 Å². The van der Waals surface area contributed by atoms with Gasteiger partial charge in [0.15, 0.2) is 0 Å². The quantitative estimate of drug-likeness (QED) is 0.765. The van der Waals surface area contributed by atoms with E-state index in [0.29, 0.717) is 6.54 Å². The first-order valence-corrected chi connectivity index (χ1v) is 5.85. The van der Waals surface area contributed by atoms with E-state index in [1.165, 1.54) is 22.2 Å². The highest BCUT2D eigenvalue weighted by Gasteiger charge is 2.06. The lowest BCUT2D eigenvalue weighted by molar-refractivity contribution is 0.766. The molecule has 0 fully saturated rings. The van der Waals surface area contributed by atoms with Crippen LogP contribution in [0.2, 0.25) is 0 Å². The van der Waals surface area contributed by atoms with Crippen LogP contribution in [0.15, 0.2) is 24.3 Å². The monoisotopic (exact) mass is 220 g/mol. The Morgan fingerprint density at radius 1 is 1.33 bits per heavy atom. The van der Waals surface area contributed by atoms with Crippen molar-refractivity contribution >= 4 is 23.5 Å². The van der Waals surface area contributed by atoms with Gasteiger partial charge in [-0.1, -0.05) is 6.07 Å². The Hall–Kier alpha value is -0.930. The maximum atomic E-state index is 5.63. The van der Waals surface area contributed by atoms with E-state index in [4.69, 9.17) is 5.73 Å². The lowest BCUT2D eigenvalue weighted by Crippen LogP contribution is -1.98. The third-order valence-corrected chi connectivity index (χ3v) is 3.09. The van der Waals surface area contributed by atoms with Gasteiger partial charge in [0.2, 0.25) is 0 Å². The summed E-state index contributed by atoms with van der Waals surface area (Å²) in [5.74, 6) is 0.778. The normalized spacial score (nSPS) is 11.1. The van der Waals surface area contributed by atoms with E-state index in [-0.39, 0.29) is 0 Å². The van der Waals surface area contributed by atoms with Gasteiger partial charge in [0, 0.05) is 35.4 Å². The lowest BCUT2D eigenvalue weighted by Gasteiger charge is -2.05. The maximum Gasteiger partial charge on any atom is 0.0482 e. The van der Waals surface area contributed by atoms with Crippen LogP contribution in [0.1, 0.15) is 18.2 Å². The summed E-state index contributed by atoms with van der Waals surface area (Å²) in [6.07, 6.45) is 0. The third-order valence-electron chi connectivity index (χ3n) is 2.77. The van der Waals surface area contributed by atoms with Gasteiger partial charge in [-0.2, -0.15) is 12.6 Å². The molecule has 1 aromatic carbocycles. The van der Waals surface area contributed by atoms with Crippen LogP contribution in [-0.4, -0.2) is 4.57 Å². The summed E-state index contributed by atoms with van der Waals surface area (Å²) in [6, 6.07) is 8.60. The zero-order chi connectivity index (χ0) is 10.8. The van der Waals surface area contributed by atoms with Gasteiger partial charge in [0.1, 0.15) is 0 Å². The van der Waals surface area contributed by atoms with Gasteiger partial charge in [-0.3, -0.25) is 0 Å². The molecule has 2 rings (SSSR count). The van der Waals surface area contributed by atoms with Crippen LogP contribution in [0.5, 0.6) is 0 Å². The Balaban J connectivity index is 2.65. The molecule has 0 saturated carbocycles. The fourth-order valence-corrected chi connectivity index (χ4v) is 2.27. The molecular formula is C12H16N2S. The summed E-state index contributed by atoms with van der Waals surface area (Å²) in [5, 5.41) is 1.27. The van der Waals surface area contributed by atoms with Crippen molar-refractivity contribution < 1.29 is 0 Å². The number of nitrogens with two attached hydrogens (primary N) is 1. The first kappa shape index (κ1) is 10.6. The predicted molar refractivity (Wildman–Crippen MR) is 68.2 cm³/mol. The topological polar surface area (TPSA) is 30.9 Å². The summed E-state index contributed by atoms with van der Waals surface area (Å²) >= 11 is 4.35. The third kappa shape index (κ3) is 1.77. The zero-order valence-electron chi connectivity index (χ0n) is 8.90. The fraction of sp³-hybridized carbons (Fsp3) is 0.333. The lowest BCUT2D eigenvalue weighted by atomic mass is 10.1. The molecule has 2 aromatic rings. The molecule has 80 valence electrons. The number of rotatable bonds is 3. The Labute approximate surface area is 95.5 Å². The van der Waals surface area contributed by atoms with Crippen molar-refractivity contribution in [2.24, 2.45) is 5.73 Å². The highest BCUT2D eigenvalue weighted by molar-refractivity contribution is 7.79. The molecule has 0 bridgehead atoms. The Morgan fingerprint density at radius 3 is 2.73 bits per heavy atom. The molecule has 2 nitrogen and oxygen atoms in total. The molecule has 0 aliphatic rings. The average Bonchev–Trinajstić information content (AvgIpc) is 2.65. The number of benzene rings is 1. The minimum atomic E-state index is 0.601. The van der Waals surface area contributed by atoms with Gasteiger partial charge in [-0.05, 0) is 30.7 Å². The van der Waals surface area contributed by atoms with E-state index in [2.05, 4.69) is 48.4 Å². The number of thiol groups is 1. The average molecular weight is 220 g/mol. The molecule has 2 N–H and O–H groups in total. The molecule has 0 atom stereocenters. The molecule has 0 radical (unpaired) electrons. The number of hydrogen-bond acceptors (Lipinski definition) is 2. The Kier molecular flexibility index (Phi) is 3.03. The van der Waals surface area contributed by atoms with E-state index in [1.54, 1.807) is 0 Å². The smallest absolute Gasteiger partial charge is 0.0482 e. The van der Waals surface area contributed by atoms with Crippen molar-refractivity contribution in [1.29, 1.82) is 0 Å². The van der Waals surface area contributed by atoms with Crippen LogP contribution >= 0.6 is 12.6 Å². The number of hydrogen-bond donors (Lipinski definition) is 2. The zero-order valence-corrected chi connectivity index (χ0v) is 9.80. The molecule has 3 heteroatoms. The van der Waals surface area contributed by atoms with Gasteiger partial charge in [-0.25, -0.2) is 0 Å². The summed E-state index contributed by atoms with van der Waals surface area (Å²) in [7, 11) is 0. The number of nitrogens with zero attached hydrogens (tertiary/aromatic N) is 1. The largest absolute Gasteiger partial charge is 0.344 e. The van der Waals surface area contributed by atoms with Crippen molar-refractivity contribution in [2.45, 2.75) is 25.8 Å². The first-order valence-electron chi connectivity index (χ1n) is 5.22. The van der Waals surface area contributed by atoms with Crippen LogP contribution in [0, 0.1) is 0 Å². The van der Waals surface area contributed by atoms with Gasteiger partial charge in [0.05, 0.1) is 0 Å². The second kappa shape index (κ2) is 4.29. The van der Waals surface area contributed by atoms with Crippen LogP contribution in [0.25, 0.3) is 10.9 Å². The number of aromatic nitrogens is 1. The SMILES string of the molecule is CCn1c(CS)cc2cc(CN)ccc21. The van der Waals surface area contributed by atoms with Crippen molar-refractivity contribution in [2.75, 3.05) is 0 Å². The standard InChI is InChI=1S/C12H16N2S/c1-2-14-11(8-15)6-10-5-9(7-13)3-4-12(10)14/h3-6,15H,2,7-8,13H2,1H3. The van der Waals surface area contributed by atoms with Crippen molar-refractivity contribution in [3.8, 4) is 0 Å². The van der Waals surface area contributed by atoms with Crippen LogP contribution in [0.3, 0.4) is 0 Å². The van der Waals surface area contributed by atoms with E-state index in [9.17, 15) is 0 Å². The number of aryl methyl sites for hydroxylation is 1. The van der Waals surface area contributed by atoms with Crippen LogP contribution in [0.4, 0.5) is 0 Å². The summed E-state index contributed by atoms with van der Waals surface area (Å²) < 4.78 is 2.29. The Morgan fingerprint density at radius 2 is 2.13 bits per heavy atom. The fourth-order valence-electron chi connectivity index (χ4n) is 2.01. The highest BCUT2D eigenvalue weighted by Crippen LogP contribution is 2.22. The van der Waals surface area contributed by atoms with Gasteiger partial charge >= 0.3 is 0 Å². The molecule has 0 saturated heterocycles. The van der Waals surface area contributed by atoms with Gasteiger partial charge in [0.25, 0.3) is 0 Å². The van der Waals surface area contributed by atoms with E-state index >= 15 is 0 Å². The molecule has 0 unspecified atom stereocenters. The maximum absolute atomic E-state index is 5.63. The molecule has 15 heavy (non-hydrogen) atoms. The van der Waals surface area contributed by atoms with Crippen molar-refractivity contribution in [3.05, 3.63) is 35.5 Å². The molecule has 1 heterocycles. The van der Waals surface area contributed by atoms with E-state index < -0.39 is 0 Å². The summed E-state index contributed by atoms with van der Waals surface area (Å²) in [6.45, 7) is 3.74. The second-order valence-electron chi connectivity index (χ2n) is 3.64. The highest BCUT2D eigenvalue weighted by atomic mass is 32.1. The minimum absolute atomic E-state index is 0.601. The molecule has 0 spiro atoms. The number of fused-ring (bicyclic) bond motifs is 1. The Bertz CT molecular complexity index is 474. The van der Waals surface area contributed by atoms with Crippen molar-refractivity contribution in [3.63, 3.8) is 0 Å². The minimum Gasteiger partial charge on any atom is -0.344 e. The first-order chi connectivity index (χ1) is 7.30. The molecule has 0 aliphatic heterocycles. The molecule has 0 amide bonds. The van der Waals surface area contributed by atoms with Crippen LogP contribution < -0.4 is 5.73 Å². The van der Waals surface area contributed by atoms with Crippen molar-refractivity contribution in [1.82, 2.24) is 4.57 Å². The van der Waals surface area contributed by atoms with Crippen LogP contribution in [-0.2, 0) is 18.8 Å². The van der Waals surface area contributed by atoms with Gasteiger partial charge < -0.3 is 10.3 Å². The summed E-state index contributed by atoms with van der Waals surface area (Å²) in [4.78, 5) is 0. The predicted octanol–water partition coefficient (Wildman–Crippen LogP) is 2.55. The molecular weight excluding hydrogens is 204 g/mol. The summed E-state index contributed by atoms with van der Waals surface area (Å²) in [5.41, 5.74) is 9.36. The van der Waals surface area contributed by atoms with E-state index in [1.807, 2.05) is 0 Å². The van der Waals surface area contributed by atoms with E-state index in [0.717, 1.165) is 12.3 Å². The molecule has 0 aliphatic carbocycles.